The fourth-order valence-electron chi connectivity index (χ4n) is 5.09. The summed E-state index contributed by atoms with van der Waals surface area (Å²) in [7, 11) is -2.54. The van der Waals surface area contributed by atoms with Gasteiger partial charge in [0.2, 0.25) is 29.1 Å². The van der Waals surface area contributed by atoms with Gasteiger partial charge in [-0.3, -0.25) is 8.87 Å². The summed E-state index contributed by atoms with van der Waals surface area (Å²) in [6.07, 6.45) is 3.99. The monoisotopic (exact) mass is 767 g/mol. The Kier molecular flexibility index (Phi) is 15.8. The molecule has 0 aliphatic rings. The van der Waals surface area contributed by atoms with Crippen LogP contribution in [0.3, 0.4) is 0 Å². The topological polar surface area (TPSA) is 27.7 Å². The predicted octanol–water partition coefficient (Wildman–Crippen LogP) is 11.1. The Morgan fingerprint density at radius 2 is 0.906 bits per heavy atom. The minimum absolute atomic E-state index is 0.0725. The van der Waals surface area contributed by atoms with Gasteiger partial charge < -0.3 is 14.0 Å². The van der Waals surface area contributed by atoms with Crippen molar-refractivity contribution in [1.82, 2.24) is 4.48 Å². The summed E-state index contributed by atoms with van der Waals surface area (Å²) in [5.74, 6) is -23.3. The van der Waals surface area contributed by atoms with Gasteiger partial charge in [0, 0.05) is 11.9 Å². The summed E-state index contributed by atoms with van der Waals surface area (Å²) >= 11 is 0. The highest BCUT2D eigenvalue weighted by molar-refractivity contribution is 6.39. The first kappa shape index (κ1) is 42.9. The maximum Gasteiger partial charge on any atom is 0.864 e. The van der Waals surface area contributed by atoms with Crippen LogP contribution in [0.4, 0.5) is 58.4 Å². The first-order valence-corrected chi connectivity index (χ1v) is 16.4. The maximum atomic E-state index is 15.5. The van der Waals surface area contributed by atoms with Crippen molar-refractivity contribution in [1.29, 1.82) is 0 Å². The molecular weight excluding hydrogens is 733 g/mol. The van der Waals surface area contributed by atoms with Crippen LogP contribution in [0.5, 0.6) is 17.2 Å². The lowest BCUT2D eigenvalue weighted by atomic mass is 10.1. The highest BCUT2D eigenvalue weighted by atomic mass is 19.2. The lowest BCUT2D eigenvalue weighted by Crippen LogP contribution is -2.52. The number of nitrogens with zero attached hydrogens (tertiary/aromatic N) is 1. The molecule has 4 rings (SSSR count). The van der Waals surface area contributed by atoms with E-state index in [9.17, 15) is 39.5 Å². The van der Waals surface area contributed by atoms with Gasteiger partial charge in [-0.05, 0) is 43.5 Å². The van der Waals surface area contributed by atoms with E-state index >= 15 is 13.2 Å². The molecule has 0 bridgehead atoms. The zero-order valence-corrected chi connectivity index (χ0v) is 28.7. The molecule has 0 unspecified atom stereocenters. The standard InChI is InChI=1S/C30H32BF9NO3.C6H2F3/c1-4-7-14-41(15-8-5-2,16-9-6-3)20-17-23(29(39)30(40)26(20)36)44-31(42-21-12-10-18(32)24(34)27(21)37)43-22-13-11-19(33)25(35)28(22)38;7-4-2-1-3-5(8)6(4)9/h10-13,17H,4-9,14-16H2,1-3H3;1-2H/q+1;-1. The minimum Gasteiger partial charge on any atom is -0.487 e. The molecule has 4 nitrogen and oxygen atoms in total. The first-order valence-electron chi connectivity index (χ1n) is 16.4. The summed E-state index contributed by atoms with van der Waals surface area (Å²) < 4.78 is 181. The second-order valence-electron chi connectivity index (χ2n) is 11.7. The van der Waals surface area contributed by atoms with Gasteiger partial charge in [0.25, 0.3) is 0 Å². The Morgan fingerprint density at radius 3 is 1.32 bits per heavy atom. The molecular formula is C36H34BF12NO3. The molecule has 0 N–H and O–H groups in total. The molecule has 0 radical (unpaired) electrons. The van der Waals surface area contributed by atoms with Crippen LogP contribution in [0.25, 0.3) is 0 Å². The summed E-state index contributed by atoms with van der Waals surface area (Å²) in [5.41, 5.74) is -0.258. The van der Waals surface area contributed by atoms with Crippen molar-refractivity contribution < 1.29 is 66.6 Å². The summed E-state index contributed by atoms with van der Waals surface area (Å²) in [6.45, 7) is 6.85. The fourth-order valence-corrected chi connectivity index (χ4v) is 5.09. The van der Waals surface area contributed by atoms with Crippen LogP contribution in [-0.4, -0.2) is 27.0 Å². The molecule has 53 heavy (non-hydrogen) atoms. The molecule has 0 aliphatic carbocycles. The summed E-state index contributed by atoms with van der Waals surface area (Å²) in [6, 6.07) is 6.61. The van der Waals surface area contributed by atoms with E-state index in [0.717, 1.165) is 37.5 Å². The zero-order valence-electron chi connectivity index (χ0n) is 28.7. The van der Waals surface area contributed by atoms with Gasteiger partial charge in [-0.2, -0.15) is 23.6 Å². The number of hydrogen-bond acceptors (Lipinski definition) is 3. The van der Waals surface area contributed by atoms with Gasteiger partial charge in [-0.15, -0.1) is 12.1 Å². The van der Waals surface area contributed by atoms with Crippen LogP contribution in [-0.2, 0) is 0 Å². The Hall–Kier alpha value is -4.54. The van der Waals surface area contributed by atoms with Crippen molar-refractivity contribution in [2.75, 3.05) is 19.6 Å². The lowest BCUT2D eigenvalue weighted by molar-refractivity contribution is 0.244. The first-order chi connectivity index (χ1) is 25.1. The van der Waals surface area contributed by atoms with Crippen molar-refractivity contribution in [3.63, 3.8) is 0 Å². The van der Waals surface area contributed by atoms with Crippen molar-refractivity contribution in [3.8, 4) is 17.2 Å². The van der Waals surface area contributed by atoms with Crippen LogP contribution >= 0.6 is 0 Å². The molecule has 4 aromatic carbocycles. The van der Waals surface area contributed by atoms with Gasteiger partial charge in [-0.1, -0.05) is 40.0 Å². The van der Waals surface area contributed by atoms with E-state index < -0.39 is 94.4 Å². The van der Waals surface area contributed by atoms with Gasteiger partial charge in [0.1, 0.15) is 11.5 Å². The normalized spacial score (nSPS) is 11.2. The van der Waals surface area contributed by atoms with Crippen LogP contribution in [0, 0.1) is 75.9 Å². The van der Waals surface area contributed by atoms with E-state index in [1.807, 2.05) is 26.8 Å². The van der Waals surface area contributed by atoms with E-state index in [1.165, 1.54) is 0 Å². The number of quaternary nitrogens is 1. The fraction of sp³-hybridized carbons (Fsp3) is 0.333. The highest BCUT2D eigenvalue weighted by Crippen LogP contribution is 2.37. The van der Waals surface area contributed by atoms with Gasteiger partial charge >= 0.3 is 7.32 Å². The van der Waals surface area contributed by atoms with Gasteiger partial charge in [0.05, 0.1) is 31.3 Å². The second kappa shape index (κ2) is 19.5. The molecule has 0 saturated carbocycles. The van der Waals surface area contributed by atoms with E-state index in [0.29, 0.717) is 63.2 Å². The quantitative estimate of drug-likeness (QED) is 0.0374. The van der Waals surface area contributed by atoms with Gasteiger partial charge in [-0.25, -0.2) is 30.7 Å². The third kappa shape index (κ3) is 10.5. The molecule has 0 aromatic heterocycles. The van der Waals surface area contributed by atoms with Crippen molar-refractivity contribution in [2.45, 2.75) is 59.3 Å². The molecule has 0 amide bonds. The average Bonchev–Trinajstić information content (AvgIpc) is 3.14. The average molecular weight is 767 g/mol. The molecule has 0 fully saturated rings. The summed E-state index contributed by atoms with van der Waals surface area (Å²) in [5, 5.41) is 0. The van der Waals surface area contributed by atoms with Crippen molar-refractivity contribution in [3.05, 3.63) is 118 Å². The van der Waals surface area contributed by atoms with Crippen molar-refractivity contribution >= 4 is 13.0 Å². The molecule has 0 spiro atoms. The smallest absolute Gasteiger partial charge is 0.487 e. The Labute approximate surface area is 298 Å². The molecule has 0 saturated heterocycles. The van der Waals surface area contributed by atoms with Gasteiger partial charge in [0.15, 0.2) is 34.7 Å². The predicted molar refractivity (Wildman–Crippen MR) is 173 cm³/mol. The lowest BCUT2D eigenvalue weighted by Gasteiger charge is -2.39. The summed E-state index contributed by atoms with van der Waals surface area (Å²) in [4.78, 5) is 0. The van der Waals surface area contributed by atoms with E-state index in [-0.39, 0.29) is 10.2 Å². The number of halogens is 12. The number of unbranched alkanes of at least 4 members (excludes halogenated alkanes) is 3. The second-order valence-corrected chi connectivity index (χ2v) is 11.7. The van der Waals surface area contributed by atoms with E-state index in [2.05, 4.69) is 0 Å². The molecule has 288 valence electrons. The molecule has 17 heteroatoms. The Bertz CT molecular complexity index is 1750. The molecule has 4 aromatic rings. The Morgan fingerprint density at radius 1 is 0.491 bits per heavy atom. The Balaban J connectivity index is 0.000000731. The third-order valence-electron chi connectivity index (χ3n) is 7.94. The highest BCUT2D eigenvalue weighted by Gasteiger charge is 2.40. The number of hydrogen-bond donors (Lipinski definition) is 0. The maximum absolute atomic E-state index is 15.5. The molecule has 0 heterocycles. The molecule has 0 aliphatic heterocycles. The van der Waals surface area contributed by atoms with Crippen LogP contribution in [0.1, 0.15) is 59.3 Å². The van der Waals surface area contributed by atoms with Crippen LogP contribution in [0.2, 0.25) is 0 Å². The SMILES string of the molecule is CCCC[N+](CCCC)(CCCC)c1cc(OB(Oc2ccc(F)c(F)c2F)Oc2ccc(F)c(F)c2F)c(F)c(F)c1F.Fc1[c-]ccc(F)c1F. The third-order valence-corrected chi connectivity index (χ3v) is 7.94. The van der Waals surface area contributed by atoms with Crippen molar-refractivity contribution in [2.24, 2.45) is 0 Å². The van der Waals surface area contributed by atoms with E-state index in [1.54, 1.807) is 0 Å². The largest absolute Gasteiger partial charge is 0.864 e. The van der Waals surface area contributed by atoms with Crippen LogP contribution < -0.4 is 18.4 Å². The van der Waals surface area contributed by atoms with Crippen LogP contribution in [0.15, 0.2) is 42.5 Å². The van der Waals surface area contributed by atoms with E-state index in [4.69, 9.17) is 14.0 Å². The zero-order chi connectivity index (χ0) is 39.5. The number of rotatable bonds is 16. The number of benzene rings is 4. The molecule has 0 atom stereocenters. The minimum atomic E-state index is -2.54.